The van der Waals surface area contributed by atoms with Gasteiger partial charge < -0.3 is 0 Å². The SMILES string of the molecule is CCC[CH2][Ge]([CH2]CCC)[CH](/C(C)=C/OC)c1ccccc1. The molecule has 0 saturated carbocycles. The van der Waals surface area contributed by atoms with Crippen molar-refractivity contribution in [2.75, 3.05) is 7.11 Å². The van der Waals surface area contributed by atoms with Gasteiger partial charge in [-0.05, 0) is 0 Å². The van der Waals surface area contributed by atoms with Crippen molar-refractivity contribution in [3.8, 4) is 0 Å². The van der Waals surface area contributed by atoms with E-state index in [1.807, 2.05) is 6.26 Å². The Morgan fingerprint density at radius 1 is 1.10 bits per heavy atom. The van der Waals surface area contributed by atoms with Crippen molar-refractivity contribution < 1.29 is 4.74 Å². The van der Waals surface area contributed by atoms with E-state index in [9.17, 15) is 0 Å². The first kappa shape index (κ1) is 18.4. The van der Waals surface area contributed by atoms with E-state index in [0.29, 0.717) is 4.75 Å². The van der Waals surface area contributed by atoms with E-state index in [1.165, 1.54) is 47.3 Å². The number of rotatable bonds is 10. The zero-order valence-electron chi connectivity index (χ0n) is 14.2. The molecule has 1 aromatic carbocycles. The van der Waals surface area contributed by atoms with Crippen LogP contribution in [0.5, 0.6) is 0 Å². The monoisotopic (exact) mass is 349 g/mol. The van der Waals surface area contributed by atoms with Crippen molar-refractivity contribution >= 4 is 14.3 Å². The van der Waals surface area contributed by atoms with Gasteiger partial charge in [0.2, 0.25) is 0 Å². The molecule has 21 heavy (non-hydrogen) atoms. The van der Waals surface area contributed by atoms with Crippen LogP contribution in [0.3, 0.4) is 0 Å². The van der Waals surface area contributed by atoms with Crippen LogP contribution < -0.4 is 0 Å². The van der Waals surface area contributed by atoms with Gasteiger partial charge in [0.15, 0.2) is 0 Å². The molecule has 1 unspecified atom stereocenters. The Morgan fingerprint density at radius 2 is 1.67 bits per heavy atom. The predicted octanol–water partition coefficient (Wildman–Crippen LogP) is 5.95. The van der Waals surface area contributed by atoms with Crippen LogP contribution in [0, 0.1) is 0 Å². The summed E-state index contributed by atoms with van der Waals surface area (Å²) < 4.78 is 5.99. The molecule has 1 atom stereocenters. The van der Waals surface area contributed by atoms with Gasteiger partial charge in [-0.15, -0.1) is 0 Å². The standard InChI is InChI=1S/C19H31GeO/c1-5-7-14-20(15-8-6-2)19(17(3)16-21-4)18-12-10-9-11-13-18/h9-13,16,19H,5-8,14-15H2,1-4H3/b17-16+. The van der Waals surface area contributed by atoms with Crippen LogP contribution in [0.1, 0.15) is 56.8 Å². The second kappa shape index (κ2) is 10.9. The van der Waals surface area contributed by atoms with E-state index in [4.69, 9.17) is 4.74 Å². The predicted molar refractivity (Wildman–Crippen MR) is 95.1 cm³/mol. The van der Waals surface area contributed by atoms with E-state index in [2.05, 4.69) is 51.1 Å². The summed E-state index contributed by atoms with van der Waals surface area (Å²) in [7, 11) is 1.77. The maximum absolute atomic E-state index is 5.33. The summed E-state index contributed by atoms with van der Waals surface area (Å²) in [6.07, 6.45) is 7.39. The van der Waals surface area contributed by atoms with Crippen molar-refractivity contribution in [1.29, 1.82) is 0 Å². The molecule has 0 saturated heterocycles. The van der Waals surface area contributed by atoms with Crippen molar-refractivity contribution in [2.45, 2.75) is 61.7 Å². The topological polar surface area (TPSA) is 9.23 Å². The Kier molecular flexibility index (Phi) is 9.57. The molecule has 0 amide bonds. The van der Waals surface area contributed by atoms with Crippen LogP contribution in [0.15, 0.2) is 42.2 Å². The molecule has 0 N–H and O–H groups in total. The third-order valence-corrected chi connectivity index (χ3v) is 11.5. The van der Waals surface area contributed by atoms with Crippen molar-refractivity contribution in [3.05, 3.63) is 47.7 Å². The summed E-state index contributed by atoms with van der Waals surface area (Å²) in [5.74, 6) is 0. The quantitative estimate of drug-likeness (QED) is 0.375. The van der Waals surface area contributed by atoms with E-state index in [-0.39, 0.29) is 0 Å². The van der Waals surface area contributed by atoms with Crippen LogP contribution >= 0.6 is 0 Å². The molecule has 0 aliphatic carbocycles. The molecule has 1 radical (unpaired) electrons. The number of unbranched alkanes of at least 4 members (excludes halogenated alkanes) is 2. The van der Waals surface area contributed by atoms with Gasteiger partial charge in [0.25, 0.3) is 0 Å². The van der Waals surface area contributed by atoms with Gasteiger partial charge >= 0.3 is 136 Å². The van der Waals surface area contributed by atoms with Crippen LogP contribution in [0.25, 0.3) is 0 Å². The van der Waals surface area contributed by atoms with Crippen LogP contribution in [0.4, 0.5) is 0 Å². The maximum atomic E-state index is 5.33. The Labute approximate surface area is 135 Å². The van der Waals surface area contributed by atoms with Gasteiger partial charge in [-0.1, -0.05) is 0 Å². The Morgan fingerprint density at radius 3 is 2.14 bits per heavy atom. The summed E-state index contributed by atoms with van der Waals surface area (Å²) in [6, 6.07) is 11.1. The Bertz CT molecular complexity index is 391. The fourth-order valence-electron chi connectivity index (χ4n) is 2.94. The molecule has 0 heterocycles. The fraction of sp³-hybridized carbons (Fsp3) is 0.579. The molecular formula is C19H31GeO. The minimum absolute atomic E-state index is 0.657. The third kappa shape index (κ3) is 6.29. The van der Waals surface area contributed by atoms with Crippen molar-refractivity contribution in [3.63, 3.8) is 0 Å². The summed E-state index contributed by atoms with van der Waals surface area (Å²) in [4.78, 5) is 0. The molecule has 0 aliphatic rings. The molecule has 0 spiro atoms. The normalized spacial score (nSPS) is 13.5. The Balaban J connectivity index is 3.02. The Hall–Kier alpha value is -0.697. The number of hydrogen-bond acceptors (Lipinski definition) is 1. The zero-order valence-corrected chi connectivity index (χ0v) is 16.3. The van der Waals surface area contributed by atoms with Gasteiger partial charge in [-0.25, -0.2) is 0 Å². The van der Waals surface area contributed by atoms with E-state index in [1.54, 1.807) is 7.11 Å². The summed E-state index contributed by atoms with van der Waals surface area (Å²) in [5, 5.41) is 2.95. The fourth-order valence-corrected chi connectivity index (χ4v) is 11.0. The summed E-state index contributed by atoms with van der Waals surface area (Å²) >= 11 is -1.16. The molecule has 0 fully saturated rings. The van der Waals surface area contributed by atoms with E-state index >= 15 is 0 Å². The molecule has 0 aliphatic heterocycles. The van der Waals surface area contributed by atoms with Gasteiger partial charge in [0.1, 0.15) is 0 Å². The van der Waals surface area contributed by atoms with Crippen molar-refractivity contribution in [1.82, 2.24) is 0 Å². The van der Waals surface area contributed by atoms with E-state index < -0.39 is 14.3 Å². The van der Waals surface area contributed by atoms with Gasteiger partial charge in [0.05, 0.1) is 0 Å². The average molecular weight is 348 g/mol. The summed E-state index contributed by atoms with van der Waals surface area (Å²) in [6.45, 7) is 6.88. The third-order valence-electron chi connectivity index (χ3n) is 4.00. The number of benzene rings is 1. The number of ether oxygens (including phenoxy) is 1. The number of hydrogen-bond donors (Lipinski definition) is 0. The first-order chi connectivity index (χ1) is 10.2. The molecular weight excluding hydrogens is 317 g/mol. The van der Waals surface area contributed by atoms with Gasteiger partial charge in [-0.3, -0.25) is 0 Å². The van der Waals surface area contributed by atoms with Gasteiger partial charge in [-0.2, -0.15) is 0 Å². The molecule has 0 bridgehead atoms. The van der Waals surface area contributed by atoms with E-state index in [0.717, 1.165) is 0 Å². The minimum atomic E-state index is -1.16. The summed E-state index contributed by atoms with van der Waals surface area (Å²) in [5.41, 5.74) is 2.93. The average Bonchev–Trinajstić information content (AvgIpc) is 2.51. The zero-order chi connectivity index (χ0) is 15.5. The van der Waals surface area contributed by atoms with Crippen LogP contribution in [-0.4, -0.2) is 21.5 Å². The van der Waals surface area contributed by atoms with Crippen LogP contribution in [0.2, 0.25) is 10.5 Å². The number of methoxy groups -OCH3 is 1. The molecule has 117 valence electrons. The second-order valence-corrected chi connectivity index (χ2v) is 11.9. The number of allylic oxidation sites excluding steroid dienone is 1. The van der Waals surface area contributed by atoms with Crippen molar-refractivity contribution in [2.24, 2.45) is 0 Å². The molecule has 1 aromatic rings. The molecule has 1 nitrogen and oxygen atoms in total. The first-order valence-electron chi connectivity index (χ1n) is 8.33. The molecule has 0 aromatic heterocycles. The first-order valence-corrected chi connectivity index (χ1v) is 12.5. The van der Waals surface area contributed by atoms with Crippen LogP contribution in [-0.2, 0) is 4.74 Å². The van der Waals surface area contributed by atoms with Gasteiger partial charge in [0, 0.05) is 0 Å². The molecule has 2 heteroatoms. The second-order valence-electron chi connectivity index (χ2n) is 5.81. The molecule has 1 rings (SSSR count).